The maximum absolute atomic E-state index is 12.0. The lowest BCUT2D eigenvalue weighted by Gasteiger charge is -2.35. The van der Waals surface area contributed by atoms with Gasteiger partial charge in [0.25, 0.3) is 0 Å². The molecule has 1 amide bonds. The minimum atomic E-state index is -0.367. The average molecular weight is 211 g/mol. The molecule has 2 rings (SSSR count). The van der Waals surface area contributed by atoms with E-state index in [1.165, 1.54) is 19.3 Å². The Morgan fingerprint density at radius 2 is 1.67 bits per heavy atom. The molecule has 2 heterocycles. The summed E-state index contributed by atoms with van der Waals surface area (Å²) in [7, 11) is 0. The Bertz CT molecular complexity index is 241. The van der Waals surface area contributed by atoms with Crippen molar-refractivity contribution in [1.82, 2.24) is 4.90 Å². The minimum Gasteiger partial charge on any atom is -0.444 e. The Balaban J connectivity index is 2.01. The van der Waals surface area contributed by atoms with Crippen LogP contribution < -0.4 is 0 Å². The van der Waals surface area contributed by atoms with Gasteiger partial charge in [-0.1, -0.05) is 0 Å². The lowest BCUT2D eigenvalue weighted by Crippen LogP contribution is -2.46. The summed E-state index contributed by atoms with van der Waals surface area (Å²) >= 11 is 0. The van der Waals surface area contributed by atoms with E-state index in [-0.39, 0.29) is 11.7 Å². The zero-order valence-corrected chi connectivity index (χ0v) is 9.95. The molecule has 2 bridgehead atoms. The first-order valence-electron chi connectivity index (χ1n) is 5.99. The molecule has 2 fully saturated rings. The third kappa shape index (κ3) is 2.27. The van der Waals surface area contributed by atoms with Gasteiger partial charge in [0.05, 0.1) is 0 Å². The fourth-order valence-corrected chi connectivity index (χ4v) is 2.73. The third-order valence-electron chi connectivity index (χ3n) is 3.30. The molecule has 0 aliphatic carbocycles. The Kier molecular flexibility index (Phi) is 2.65. The molecule has 2 unspecified atom stereocenters. The van der Waals surface area contributed by atoms with Gasteiger partial charge in [-0.15, -0.1) is 0 Å². The molecule has 0 aromatic rings. The molecule has 2 saturated heterocycles. The van der Waals surface area contributed by atoms with Crippen molar-refractivity contribution >= 4 is 6.09 Å². The number of carbonyl (C=O) groups is 1. The van der Waals surface area contributed by atoms with Gasteiger partial charge in [-0.3, -0.25) is 0 Å². The van der Waals surface area contributed by atoms with Crippen LogP contribution in [-0.4, -0.2) is 28.7 Å². The van der Waals surface area contributed by atoms with Crippen LogP contribution >= 0.6 is 0 Å². The standard InChI is InChI=1S/C12H21NO2/c1-12(2,3)15-11(14)13-9-5-4-6-10(13)8-7-9/h9-10H,4-8H2,1-3H3. The van der Waals surface area contributed by atoms with Crippen LogP contribution in [0.15, 0.2) is 0 Å². The molecule has 3 nitrogen and oxygen atoms in total. The van der Waals surface area contributed by atoms with Crippen LogP contribution in [0, 0.1) is 0 Å². The molecule has 15 heavy (non-hydrogen) atoms. The smallest absolute Gasteiger partial charge is 0.410 e. The Labute approximate surface area is 91.8 Å². The van der Waals surface area contributed by atoms with E-state index in [0.717, 1.165) is 12.8 Å². The van der Waals surface area contributed by atoms with E-state index in [9.17, 15) is 4.79 Å². The van der Waals surface area contributed by atoms with E-state index >= 15 is 0 Å². The number of hydrogen-bond acceptors (Lipinski definition) is 2. The molecule has 2 atom stereocenters. The molecular formula is C12H21NO2. The van der Waals surface area contributed by atoms with Crippen LogP contribution in [0.2, 0.25) is 0 Å². The van der Waals surface area contributed by atoms with Crippen LogP contribution in [0.1, 0.15) is 52.9 Å². The molecule has 3 heteroatoms. The first-order valence-corrected chi connectivity index (χ1v) is 5.99. The van der Waals surface area contributed by atoms with E-state index in [2.05, 4.69) is 0 Å². The summed E-state index contributed by atoms with van der Waals surface area (Å²) in [6.45, 7) is 5.78. The number of carbonyl (C=O) groups excluding carboxylic acids is 1. The normalized spacial score (nSPS) is 30.5. The van der Waals surface area contributed by atoms with Gasteiger partial charge in [0, 0.05) is 12.1 Å². The Morgan fingerprint density at radius 1 is 1.13 bits per heavy atom. The van der Waals surface area contributed by atoms with E-state index in [0.29, 0.717) is 12.1 Å². The number of amides is 1. The third-order valence-corrected chi connectivity index (χ3v) is 3.30. The molecule has 0 aromatic carbocycles. The molecule has 0 aromatic heterocycles. The summed E-state index contributed by atoms with van der Waals surface area (Å²) in [4.78, 5) is 14.0. The first kappa shape index (κ1) is 10.8. The van der Waals surface area contributed by atoms with Crippen molar-refractivity contribution in [3.05, 3.63) is 0 Å². The van der Waals surface area contributed by atoms with Gasteiger partial charge in [-0.2, -0.15) is 0 Å². The lowest BCUT2D eigenvalue weighted by molar-refractivity contribution is 0.00784. The summed E-state index contributed by atoms with van der Waals surface area (Å²) in [6, 6.07) is 0.914. The van der Waals surface area contributed by atoms with Gasteiger partial charge in [0.2, 0.25) is 0 Å². The average Bonchev–Trinajstić information content (AvgIpc) is 2.34. The number of ether oxygens (including phenoxy) is 1. The first-order chi connectivity index (χ1) is 6.97. The number of piperidine rings is 1. The zero-order valence-electron chi connectivity index (χ0n) is 9.95. The van der Waals surface area contributed by atoms with E-state index < -0.39 is 0 Å². The summed E-state index contributed by atoms with van der Waals surface area (Å²) in [5.41, 5.74) is -0.367. The molecular weight excluding hydrogens is 190 g/mol. The van der Waals surface area contributed by atoms with Crippen molar-refractivity contribution in [3.63, 3.8) is 0 Å². The van der Waals surface area contributed by atoms with Gasteiger partial charge in [-0.05, 0) is 52.9 Å². The maximum atomic E-state index is 12.0. The summed E-state index contributed by atoms with van der Waals surface area (Å²) in [6.07, 6.45) is 5.84. The van der Waals surface area contributed by atoms with Gasteiger partial charge in [-0.25, -0.2) is 4.79 Å². The highest BCUT2D eigenvalue weighted by Crippen LogP contribution is 2.36. The number of rotatable bonds is 0. The highest BCUT2D eigenvalue weighted by molar-refractivity contribution is 5.69. The van der Waals surface area contributed by atoms with Gasteiger partial charge in [0.15, 0.2) is 0 Å². The van der Waals surface area contributed by atoms with Crippen molar-refractivity contribution in [1.29, 1.82) is 0 Å². The van der Waals surface area contributed by atoms with Crippen LogP contribution in [0.3, 0.4) is 0 Å². The van der Waals surface area contributed by atoms with Crippen LogP contribution in [0.4, 0.5) is 4.79 Å². The van der Waals surface area contributed by atoms with Gasteiger partial charge in [0.1, 0.15) is 5.60 Å². The molecule has 2 aliphatic heterocycles. The molecule has 2 aliphatic rings. The molecule has 0 spiro atoms. The van der Waals surface area contributed by atoms with E-state index in [1.807, 2.05) is 25.7 Å². The fourth-order valence-electron chi connectivity index (χ4n) is 2.73. The maximum Gasteiger partial charge on any atom is 0.410 e. The topological polar surface area (TPSA) is 29.5 Å². The second kappa shape index (κ2) is 3.69. The highest BCUT2D eigenvalue weighted by Gasteiger charge is 2.41. The van der Waals surface area contributed by atoms with Crippen molar-refractivity contribution in [2.75, 3.05) is 0 Å². The lowest BCUT2D eigenvalue weighted by atomic mass is 10.0. The van der Waals surface area contributed by atoms with Crippen molar-refractivity contribution in [2.45, 2.75) is 70.6 Å². The summed E-state index contributed by atoms with van der Waals surface area (Å²) < 4.78 is 5.44. The quantitative estimate of drug-likeness (QED) is 0.616. The summed E-state index contributed by atoms with van der Waals surface area (Å²) in [5.74, 6) is 0. The highest BCUT2D eigenvalue weighted by atomic mass is 16.6. The van der Waals surface area contributed by atoms with Gasteiger partial charge >= 0.3 is 6.09 Å². The monoisotopic (exact) mass is 211 g/mol. The van der Waals surface area contributed by atoms with Crippen molar-refractivity contribution in [2.24, 2.45) is 0 Å². The molecule has 0 N–H and O–H groups in total. The van der Waals surface area contributed by atoms with E-state index in [4.69, 9.17) is 4.74 Å². The van der Waals surface area contributed by atoms with Crippen molar-refractivity contribution < 1.29 is 9.53 Å². The predicted molar refractivity (Wildman–Crippen MR) is 58.7 cm³/mol. The van der Waals surface area contributed by atoms with Crippen LogP contribution in [0.25, 0.3) is 0 Å². The van der Waals surface area contributed by atoms with Crippen LogP contribution in [-0.2, 0) is 4.74 Å². The van der Waals surface area contributed by atoms with E-state index in [1.54, 1.807) is 0 Å². The van der Waals surface area contributed by atoms with Crippen LogP contribution in [0.5, 0.6) is 0 Å². The second-order valence-corrected chi connectivity index (χ2v) is 5.70. The fraction of sp³-hybridized carbons (Fsp3) is 0.917. The zero-order chi connectivity index (χ0) is 11.1. The number of fused-ring (bicyclic) bond motifs is 2. The summed E-state index contributed by atoms with van der Waals surface area (Å²) in [5, 5.41) is 0. The molecule has 86 valence electrons. The largest absolute Gasteiger partial charge is 0.444 e. The predicted octanol–water partition coefficient (Wildman–Crippen LogP) is 2.94. The molecule has 0 saturated carbocycles. The Morgan fingerprint density at radius 3 is 2.13 bits per heavy atom. The second-order valence-electron chi connectivity index (χ2n) is 5.70. The minimum absolute atomic E-state index is 0.102. The SMILES string of the molecule is CC(C)(C)OC(=O)N1C2CCCC1CC2. The Hall–Kier alpha value is -0.730. The molecule has 0 radical (unpaired) electrons. The van der Waals surface area contributed by atoms with Crippen molar-refractivity contribution in [3.8, 4) is 0 Å². The number of hydrogen-bond donors (Lipinski definition) is 0. The van der Waals surface area contributed by atoms with Gasteiger partial charge < -0.3 is 9.64 Å². The number of nitrogens with zero attached hydrogens (tertiary/aromatic N) is 1.